The predicted molar refractivity (Wildman–Crippen MR) is 118 cm³/mol. The Morgan fingerprint density at radius 2 is 1.73 bits per heavy atom. The summed E-state index contributed by atoms with van der Waals surface area (Å²) >= 11 is 6.24. The highest BCUT2D eigenvalue weighted by Gasteiger charge is 2.30. The van der Waals surface area contributed by atoms with Crippen LogP contribution in [0.3, 0.4) is 0 Å². The zero-order chi connectivity index (χ0) is 24.0. The molecule has 3 rings (SSSR count). The van der Waals surface area contributed by atoms with Crippen molar-refractivity contribution in [3.63, 3.8) is 0 Å². The van der Waals surface area contributed by atoms with Crippen molar-refractivity contribution in [3.05, 3.63) is 88.4 Å². The molecule has 1 amide bonds. The maximum atomic E-state index is 12.8. The highest BCUT2D eigenvalue weighted by atomic mass is 35.5. The minimum Gasteiger partial charge on any atom is -0.466 e. The van der Waals surface area contributed by atoms with E-state index in [1.807, 2.05) is 0 Å². The van der Waals surface area contributed by atoms with E-state index in [9.17, 15) is 22.8 Å². The van der Waals surface area contributed by atoms with Crippen molar-refractivity contribution in [2.75, 3.05) is 11.9 Å². The number of halogens is 4. The zero-order valence-electron chi connectivity index (χ0n) is 17.4. The Labute approximate surface area is 193 Å². The molecule has 0 radical (unpaired) electrons. The number of hydrogen-bond acceptors (Lipinski definition) is 4. The average molecular weight is 478 g/mol. The van der Waals surface area contributed by atoms with Gasteiger partial charge in [0.2, 0.25) is 0 Å². The third-order valence-corrected chi connectivity index (χ3v) is 4.74. The van der Waals surface area contributed by atoms with Crippen LogP contribution in [0.4, 0.5) is 18.9 Å². The Kier molecular flexibility index (Phi) is 7.60. The molecule has 3 aromatic rings. The van der Waals surface area contributed by atoms with Gasteiger partial charge in [-0.25, -0.2) is 0 Å². The Hall–Kier alpha value is -3.52. The standard InChI is InChI=1S/C24H19ClF3NO4/c1-2-32-22(30)13-15-6-11-21(20(25)12-15)33-19-9-7-18(8-10-19)29-23(31)16-4-3-5-17(14-16)24(26,27)28/h3-12,14H,2,13H2,1H3,(H,29,31). The molecule has 9 heteroatoms. The number of esters is 1. The SMILES string of the molecule is CCOC(=O)Cc1ccc(Oc2ccc(NC(=O)c3cccc(C(F)(F)F)c3)cc2)c(Cl)c1. The molecular formula is C24H19ClF3NO4. The second-order valence-corrected chi connectivity index (χ2v) is 7.31. The number of carbonyl (C=O) groups excluding carboxylic acids is 2. The van der Waals surface area contributed by atoms with Crippen LogP contribution >= 0.6 is 11.6 Å². The van der Waals surface area contributed by atoms with E-state index in [4.69, 9.17) is 21.1 Å². The molecule has 0 saturated heterocycles. The molecule has 0 atom stereocenters. The number of carbonyl (C=O) groups is 2. The van der Waals surface area contributed by atoms with Gasteiger partial charge in [-0.05, 0) is 67.1 Å². The number of rotatable bonds is 7. The van der Waals surface area contributed by atoms with Gasteiger partial charge < -0.3 is 14.8 Å². The molecule has 1 N–H and O–H groups in total. The van der Waals surface area contributed by atoms with E-state index in [0.29, 0.717) is 34.4 Å². The van der Waals surface area contributed by atoms with Crippen LogP contribution in [0.15, 0.2) is 66.7 Å². The van der Waals surface area contributed by atoms with Crippen LogP contribution in [0.1, 0.15) is 28.4 Å². The zero-order valence-corrected chi connectivity index (χ0v) is 18.2. The largest absolute Gasteiger partial charge is 0.466 e. The van der Waals surface area contributed by atoms with E-state index in [2.05, 4.69) is 5.32 Å². The molecule has 0 fully saturated rings. The van der Waals surface area contributed by atoms with Gasteiger partial charge in [-0.1, -0.05) is 23.7 Å². The van der Waals surface area contributed by atoms with E-state index in [1.54, 1.807) is 49.4 Å². The molecule has 33 heavy (non-hydrogen) atoms. The lowest BCUT2D eigenvalue weighted by Gasteiger charge is -2.11. The van der Waals surface area contributed by atoms with E-state index >= 15 is 0 Å². The van der Waals surface area contributed by atoms with Gasteiger partial charge in [-0.3, -0.25) is 9.59 Å². The normalized spacial score (nSPS) is 11.1. The summed E-state index contributed by atoms with van der Waals surface area (Å²) in [6, 6.07) is 15.3. The first-order valence-corrected chi connectivity index (χ1v) is 10.2. The summed E-state index contributed by atoms with van der Waals surface area (Å²) < 4.78 is 49.2. The molecule has 3 aromatic carbocycles. The predicted octanol–water partition coefficient (Wildman–Crippen LogP) is 6.51. The molecule has 0 spiro atoms. The fraction of sp³-hybridized carbons (Fsp3) is 0.167. The second kappa shape index (κ2) is 10.4. The minimum absolute atomic E-state index is 0.0914. The Balaban J connectivity index is 1.64. The highest BCUT2D eigenvalue weighted by molar-refractivity contribution is 6.32. The van der Waals surface area contributed by atoms with Crippen LogP contribution in [0.5, 0.6) is 11.5 Å². The first-order chi connectivity index (χ1) is 15.7. The van der Waals surface area contributed by atoms with Gasteiger partial charge in [-0.15, -0.1) is 0 Å². The maximum Gasteiger partial charge on any atom is 0.416 e. The fourth-order valence-corrected chi connectivity index (χ4v) is 3.13. The summed E-state index contributed by atoms with van der Waals surface area (Å²) in [5, 5.41) is 2.85. The summed E-state index contributed by atoms with van der Waals surface area (Å²) in [5.74, 6) is -0.239. The molecule has 0 aliphatic carbocycles. The Morgan fingerprint density at radius 1 is 1.00 bits per heavy atom. The topological polar surface area (TPSA) is 64.6 Å². The van der Waals surface area contributed by atoms with Crippen molar-refractivity contribution in [1.82, 2.24) is 0 Å². The lowest BCUT2D eigenvalue weighted by atomic mass is 10.1. The summed E-state index contributed by atoms with van der Waals surface area (Å²) in [6.45, 7) is 2.02. The second-order valence-electron chi connectivity index (χ2n) is 6.91. The summed E-state index contributed by atoms with van der Waals surface area (Å²) in [7, 11) is 0. The molecule has 0 heterocycles. The first kappa shape index (κ1) is 24.1. The van der Waals surface area contributed by atoms with Gasteiger partial charge in [0, 0.05) is 11.3 Å². The van der Waals surface area contributed by atoms with Crippen LogP contribution in [0.2, 0.25) is 5.02 Å². The Bertz CT molecular complexity index is 1150. The Morgan fingerprint density at radius 3 is 2.36 bits per heavy atom. The number of anilines is 1. The minimum atomic E-state index is -4.53. The monoisotopic (exact) mass is 477 g/mol. The molecular weight excluding hydrogens is 459 g/mol. The van der Waals surface area contributed by atoms with Crippen molar-refractivity contribution in [2.45, 2.75) is 19.5 Å². The molecule has 172 valence electrons. The van der Waals surface area contributed by atoms with Gasteiger partial charge >= 0.3 is 12.1 Å². The molecule has 0 unspecified atom stereocenters. The van der Waals surface area contributed by atoms with Crippen LogP contribution < -0.4 is 10.1 Å². The quantitative estimate of drug-likeness (QED) is 0.394. The average Bonchev–Trinajstić information content (AvgIpc) is 2.76. The molecule has 0 aromatic heterocycles. The van der Waals surface area contributed by atoms with Crippen molar-refractivity contribution >= 4 is 29.2 Å². The van der Waals surface area contributed by atoms with Crippen LogP contribution in [0.25, 0.3) is 0 Å². The van der Waals surface area contributed by atoms with Crippen molar-refractivity contribution in [2.24, 2.45) is 0 Å². The van der Waals surface area contributed by atoms with E-state index in [1.165, 1.54) is 12.1 Å². The molecule has 0 bridgehead atoms. The van der Waals surface area contributed by atoms with E-state index < -0.39 is 17.6 Å². The van der Waals surface area contributed by atoms with E-state index in [0.717, 1.165) is 12.1 Å². The smallest absolute Gasteiger partial charge is 0.416 e. The lowest BCUT2D eigenvalue weighted by molar-refractivity contribution is -0.142. The summed E-state index contributed by atoms with van der Waals surface area (Å²) in [6.07, 6.45) is -4.44. The van der Waals surface area contributed by atoms with Crippen molar-refractivity contribution in [3.8, 4) is 11.5 Å². The van der Waals surface area contributed by atoms with Gasteiger partial charge in [0.25, 0.3) is 5.91 Å². The van der Waals surface area contributed by atoms with E-state index in [-0.39, 0.29) is 18.0 Å². The van der Waals surface area contributed by atoms with Crippen molar-refractivity contribution in [1.29, 1.82) is 0 Å². The van der Waals surface area contributed by atoms with Crippen LogP contribution in [-0.2, 0) is 22.1 Å². The van der Waals surface area contributed by atoms with Crippen molar-refractivity contribution < 1.29 is 32.2 Å². The third-order valence-electron chi connectivity index (χ3n) is 4.44. The number of amides is 1. The van der Waals surface area contributed by atoms with Crippen LogP contribution in [-0.4, -0.2) is 18.5 Å². The highest BCUT2D eigenvalue weighted by Crippen LogP contribution is 2.32. The molecule has 0 aliphatic heterocycles. The van der Waals surface area contributed by atoms with Gasteiger partial charge in [0.15, 0.2) is 0 Å². The fourth-order valence-electron chi connectivity index (χ4n) is 2.89. The molecule has 0 aliphatic rings. The van der Waals surface area contributed by atoms with Crippen LogP contribution in [0, 0.1) is 0 Å². The molecule has 5 nitrogen and oxygen atoms in total. The number of nitrogens with one attached hydrogen (secondary N) is 1. The first-order valence-electron chi connectivity index (χ1n) is 9.86. The summed E-state index contributed by atoms with van der Waals surface area (Å²) in [5.41, 5.74) is 0.0444. The van der Waals surface area contributed by atoms with Gasteiger partial charge in [0.1, 0.15) is 11.5 Å². The maximum absolute atomic E-state index is 12.8. The number of hydrogen-bond donors (Lipinski definition) is 1. The number of ether oxygens (including phenoxy) is 2. The van der Waals surface area contributed by atoms with Gasteiger partial charge in [0.05, 0.1) is 23.6 Å². The summed E-state index contributed by atoms with van der Waals surface area (Å²) in [4.78, 5) is 23.9. The van der Waals surface area contributed by atoms with Gasteiger partial charge in [-0.2, -0.15) is 13.2 Å². The third kappa shape index (κ3) is 6.73. The molecule has 0 saturated carbocycles. The lowest BCUT2D eigenvalue weighted by Crippen LogP contribution is -2.13. The number of alkyl halides is 3. The number of benzene rings is 3.